The molecule has 3 aromatic rings. The highest BCUT2D eigenvalue weighted by molar-refractivity contribution is 7.80. The zero-order valence-electron chi connectivity index (χ0n) is 14.5. The van der Waals surface area contributed by atoms with Crippen LogP contribution in [0.5, 0.6) is 0 Å². The van der Waals surface area contributed by atoms with Gasteiger partial charge >= 0.3 is 0 Å². The number of hydrogen-bond acceptors (Lipinski definition) is 4. The summed E-state index contributed by atoms with van der Waals surface area (Å²) < 4.78 is 5.27. The Morgan fingerprint density at radius 1 is 1.35 bits per heavy atom. The highest BCUT2D eigenvalue weighted by atomic mass is 32.1. The highest BCUT2D eigenvalue weighted by Gasteiger charge is 2.13. The van der Waals surface area contributed by atoms with E-state index >= 15 is 0 Å². The Morgan fingerprint density at radius 2 is 2.19 bits per heavy atom. The SMILES string of the molecule is Cc1ccc2cc(CN(CCO)C(=S)NCc3ccco3)c(=O)[nH]c2c1. The zero-order valence-corrected chi connectivity index (χ0v) is 15.3. The van der Waals surface area contributed by atoms with E-state index in [1.807, 2.05) is 43.3 Å². The summed E-state index contributed by atoms with van der Waals surface area (Å²) in [5.74, 6) is 0.759. The van der Waals surface area contributed by atoms with Crippen molar-refractivity contribution in [3.05, 3.63) is 69.9 Å². The molecule has 3 N–H and O–H groups in total. The number of hydrogen-bond donors (Lipinski definition) is 3. The quantitative estimate of drug-likeness (QED) is 0.577. The summed E-state index contributed by atoms with van der Waals surface area (Å²) in [4.78, 5) is 17.1. The van der Waals surface area contributed by atoms with Gasteiger partial charge in [-0.05, 0) is 54.4 Å². The molecule has 0 bridgehead atoms. The van der Waals surface area contributed by atoms with Gasteiger partial charge < -0.3 is 24.7 Å². The molecular weight excluding hydrogens is 350 g/mol. The Labute approximate surface area is 156 Å². The second kappa shape index (κ2) is 8.16. The number of nitrogens with zero attached hydrogens (tertiary/aromatic N) is 1. The lowest BCUT2D eigenvalue weighted by Crippen LogP contribution is -2.41. The second-order valence-electron chi connectivity index (χ2n) is 6.10. The largest absolute Gasteiger partial charge is 0.467 e. The number of furan rings is 1. The maximum Gasteiger partial charge on any atom is 0.253 e. The average molecular weight is 371 g/mol. The maximum absolute atomic E-state index is 12.4. The van der Waals surface area contributed by atoms with E-state index in [2.05, 4.69) is 10.3 Å². The zero-order chi connectivity index (χ0) is 18.5. The van der Waals surface area contributed by atoms with Gasteiger partial charge in [0.05, 0.1) is 26.0 Å². The van der Waals surface area contributed by atoms with Crippen molar-refractivity contribution in [2.24, 2.45) is 0 Å². The van der Waals surface area contributed by atoms with Crippen LogP contribution in [-0.4, -0.2) is 33.3 Å². The predicted molar refractivity (Wildman–Crippen MR) is 105 cm³/mol. The van der Waals surface area contributed by atoms with Crippen LogP contribution in [0.2, 0.25) is 0 Å². The molecule has 7 heteroatoms. The van der Waals surface area contributed by atoms with Crippen molar-refractivity contribution in [2.75, 3.05) is 13.2 Å². The van der Waals surface area contributed by atoms with Crippen LogP contribution in [0.25, 0.3) is 10.9 Å². The molecule has 0 aliphatic heterocycles. The molecule has 2 aromatic heterocycles. The molecule has 0 unspecified atom stereocenters. The molecule has 0 saturated carbocycles. The fourth-order valence-electron chi connectivity index (χ4n) is 2.74. The summed E-state index contributed by atoms with van der Waals surface area (Å²) in [7, 11) is 0. The van der Waals surface area contributed by atoms with E-state index in [9.17, 15) is 9.90 Å². The number of rotatable bonds is 6. The highest BCUT2D eigenvalue weighted by Crippen LogP contribution is 2.14. The Kier molecular flexibility index (Phi) is 5.70. The molecule has 0 amide bonds. The van der Waals surface area contributed by atoms with Gasteiger partial charge in [0.1, 0.15) is 5.76 Å². The van der Waals surface area contributed by atoms with Crippen molar-refractivity contribution in [3.8, 4) is 0 Å². The first-order chi connectivity index (χ1) is 12.6. The standard InChI is InChI=1S/C19H21N3O3S/c1-13-4-5-14-10-15(18(24)21-17(14)9-13)12-22(6-7-23)19(26)20-11-16-3-2-8-25-16/h2-5,8-10,23H,6-7,11-12H2,1H3,(H,20,26)(H,21,24). The fourth-order valence-corrected chi connectivity index (χ4v) is 2.97. The Hall–Kier alpha value is -2.64. The number of nitrogens with one attached hydrogen (secondary N) is 2. The van der Waals surface area contributed by atoms with Crippen molar-refractivity contribution in [3.63, 3.8) is 0 Å². The van der Waals surface area contributed by atoms with E-state index < -0.39 is 0 Å². The third-order valence-electron chi connectivity index (χ3n) is 4.09. The summed E-state index contributed by atoms with van der Waals surface area (Å²) in [5, 5.41) is 13.9. The Bertz CT molecular complexity index is 950. The summed E-state index contributed by atoms with van der Waals surface area (Å²) in [5.41, 5.74) is 2.34. The summed E-state index contributed by atoms with van der Waals surface area (Å²) in [6.07, 6.45) is 1.60. The van der Waals surface area contributed by atoms with Crippen LogP contribution >= 0.6 is 12.2 Å². The van der Waals surface area contributed by atoms with Crippen molar-refractivity contribution in [1.82, 2.24) is 15.2 Å². The number of H-pyrrole nitrogens is 1. The van der Waals surface area contributed by atoms with Gasteiger partial charge in [0.15, 0.2) is 5.11 Å². The lowest BCUT2D eigenvalue weighted by molar-refractivity contribution is 0.245. The van der Waals surface area contributed by atoms with Gasteiger partial charge in [-0.25, -0.2) is 0 Å². The number of aliphatic hydroxyl groups excluding tert-OH is 1. The van der Waals surface area contributed by atoms with E-state index in [1.165, 1.54) is 0 Å². The number of aromatic nitrogens is 1. The van der Waals surface area contributed by atoms with Crippen LogP contribution in [0.3, 0.4) is 0 Å². The van der Waals surface area contributed by atoms with Crippen LogP contribution < -0.4 is 10.9 Å². The van der Waals surface area contributed by atoms with Crippen LogP contribution in [0.1, 0.15) is 16.9 Å². The van der Waals surface area contributed by atoms with Gasteiger partial charge in [-0.2, -0.15) is 0 Å². The van der Waals surface area contributed by atoms with Crippen LogP contribution in [0, 0.1) is 6.92 Å². The molecule has 136 valence electrons. The minimum Gasteiger partial charge on any atom is -0.467 e. The minimum atomic E-state index is -0.153. The van der Waals surface area contributed by atoms with Crippen molar-refractivity contribution >= 4 is 28.2 Å². The monoisotopic (exact) mass is 371 g/mol. The number of thiocarbonyl (C=S) groups is 1. The number of aryl methyl sites for hydroxylation is 1. The van der Waals surface area contributed by atoms with Crippen LogP contribution in [0.15, 0.2) is 51.9 Å². The molecule has 0 spiro atoms. The molecule has 1 aromatic carbocycles. The molecule has 6 nitrogen and oxygen atoms in total. The van der Waals surface area contributed by atoms with Gasteiger partial charge in [-0.1, -0.05) is 12.1 Å². The van der Waals surface area contributed by atoms with Crippen molar-refractivity contribution in [2.45, 2.75) is 20.0 Å². The maximum atomic E-state index is 12.4. The van der Waals surface area contributed by atoms with Crippen molar-refractivity contribution < 1.29 is 9.52 Å². The second-order valence-corrected chi connectivity index (χ2v) is 6.48. The minimum absolute atomic E-state index is 0.0622. The van der Waals surface area contributed by atoms with E-state index in [4.69, 9.17) is 16.6 Å². The Balaban J connectivity index is 1.77. The van der Waals surface area contributed by atoms with Crippen LogP contribution in [0.4, 0.5) is 0 Å². The molecule has 0 radical (unpaired) electrons. The molecule has 0 atom stereocenters. The van der Waals surface area contributed by atoms with Gasteiger partial charge in [0, 0.05) is 17.6 Å². The summed E-state index contributed by atoms with van der Waals surface area (Å²) in [6.45, 7) is 3.01. The van der Waals surface area contributed by atoms with E-state index in [0.29, 0.717) is 30.3 Å². The molecule has 0 saturated heterocycles. The lowest BCUT2D eigenvalue weighted by atomic mass is 10.1. The molecule has 3 rings (SSSR count). The Morgan fingerprint density at radius 3 is 2.92 bits per heavy atom. The molecule has 0 aliphatic carbocycles. The molecule has 0 aliphatic rings. The topological polar surface area (TPSA) is 81.5 Å². The third-order valence-corrected chi connectivity index (χ3v) is 4.49. The number of aliphatic hydroxyl groups is 1. The molecule has 0 fully saturated rings. The fraction of sp³-hybridized carbons (Fsp3) is 0.263. The number of pyridine rings is 1. The van der Waals surface area contributed by atoms with Gasteiger partial charge in [-0.15, -0.1) is 0 Å². The van der Waals surface area contributed by atoms with Gasteiger partial charge in [-0.3, -0.25) is 4.79 Å². The lowest BCUT2D eigenvalue weighted by Gasteiger charge is -2.24. The normalized spacial score (nSPS) is 10.8. The molecule has 26 heavy (non-hydrogen) atoms. The third kappa shape index (κ3) is 4.30. The first kappa shape index (κ1) is 18.2. The predicted octanol–water partition coefficient (Wildman–Crippen LogP) is 2.30. The number of fused-ring (bicyclic) bond motifs is 1. The smallest absolute Gasteiger partial charge is 0.253 e. The summed E-state index contributed by atoms with van der Waals surface area (Å²) >= 11 is 5.42. The molecular formula is C19H21N3O3S. The van der Waals surface area contributed by atoms with E-state index in [-0.39, 0.29) is 12.2 Å². The average Bonchev–Trinajstić information content (AvgIpc) is 3.13. The van der Waals surface area contributed by atoms with E-state index in [0.717, 1.165) is 22.2 Å². The number of benzene rings is 1. The van der Waals surface area contributed by atoms with Gasteiger partial charge in [0.25, 0.3) is 5.56 Å². The van der Waals surface area contributed by atoms with Gasteiger partial charge in [0.2, 0.25) is 0 Å². The van der Waals surface area contributed by atoms with E-state index in [1.54, 1.807) is 11.2 Å². The first-order valence-corrected chi connectivity index (χ1v) is 8.76. The summed E-state index contributed by atoms with van der Waals surface area (Å²) in [6, 6.07) is 11.5. The number of aromatic amines is 1. The molecule has 2 heterocycles. The first-order valence-electron chi connectivity index (χ1n) is 8.35. The van der Waals surface area contributed by atoms with Crippen LogP contribution in [-0.2, 0) is 13.1 Å². The van der Waals surface area contributed by atoms with Crippen molar-refractivity contribution in [1.29, 1.82) is 0 Å².